The van der Waals surface area contributed by atoms with E-state index in [4.69, 9.17) is 5.73 Å². The van der Waals surface area contributed by atoms with Crippen LogP contribution in [-0.4, -0.2) is 19.9 Å². The van der Waals surface area contributed by atoms with Crippen LogP contribution in [0.5, 0.6) is 0 Å². The van der Waals surface area contributed by atoms with E-state index in [0.29, 0.717) is 24.0 Å². The molecule has 134 valence electrons. The summed E-state index contributed by atoms with van der Waals surface area (Å²) in [5.41, 5.74) is 9.88. The Morgan fingerprint density at radius 3 is 2.81 bits per heavy atom. The minimum absolute atomic E-state index is 0.355. The van der Waals surface area contributed by atoms with Crippen LogP contribution >= 0.6 is 0 Å². The predicted molar refractivity (Wildman–Crippen MR) is 108 cm³/mol. The van der Waals surface area contributed by atoms with Gasteiger partial charge >= 0.3 is 0 Å². The monoisotopic (exact) mass is 357 g/mol. The molecule has 0 unspecified atom stereocenters. The number of aromatic nitrogens is 4. The molecular weight excluding hydrogens is 338 g/mol. The van der Waals surface area contributed by atoms with Crippen molar-refractivity contribution in [2.75, 3.05) is 16.4 Å². The number of nitrogen functional groups attached to an aromatic ring is 1. The van der Waals surface area contributed by atoms with Gasteiger partial charge in [0.2, 0.25) is 0 Å². The Hall–Kier alpha value is -3.74. The van der Waals surface area contributed by atoms with Gasteiger partial charge in [-0.05, 0) is 42.8 Å². The highest BCUT2D eigenvalue weighted by atomic mass is 15.1. The molecule has 4 N–H and O–H groups in total. The third kappa shape index (κ3) is 3.92. The van der Waals surface area contributed by atoms with Crippen LogP contribution in [0.3, 0.4) is 0 Å². The van der Waals surface area contributed by atoms with Gasteiger partial charge in [0.05, 0.1) is 11.7 Å². The third-order valence-electron chi connectivity index (χ3n) is 4.10. The summed E-state index contributed by atoms with van der Waals surface area (Å²) in [5.74, 6) is 1.51. The van der Waals surface area contributed by atoms with Crippen LogP contribution in [0.25, 0.3) is 10.9 Å². The summed E-state index contributed by atoms with van der Waals surface area (Å²) >= 11 is 0. The van der Waals surface area contributed by atoms with Gasteiger partial charge in [-0.3, -0.25) is 9.97 Å². The second-order valence-electron chi connectivity index (χ2n) is 6.18. The molecule has 0 aliphatic carbocycles. The normalized spacial score (nSPS) is 10.7. The second kappa shape index (κ2) is 7.25. The highest BCUT2D eigenvalue weighted by Gasteiger charge is 2.06. The Bertz CT molecular complexity index is 1090. The van der Waals surface area contributed by atoms with Gasteiger partial charge in [0.15, 0.2) is 17.5 Å². The van der Waals surface area contributed by atoms with Crippen LogP contribution in [0.1, 0.15) is 11.3 Å². The van der Waals surface area contributed by atoms with Crippen molar-refractivity contribution in [1.29, 1.82) is 0 Å². The summed E-state index contributed by atoms with van der Waals surface area (Å²) in [5, 5.41) is 7.57. The van der Waals surface area contributed by atoms with E-state index in [1.807, 2.05) is 43.3 Å². The van der Waals surface area contributed by atoms with Crippen LogP contribution in [-0.2, 0) is 6.54 Å². The first kappa shape index (κ1) is 16.7. The molecule has 0 bridgehead atoms. The SMILES string of the molecule is Cc1cc(Nc2cnc(N)c(NCc3ccc4ncccc4c3)n2)ccn1. The summed E-state index contributed by atoms with van der Waals surface area (Å²) in [6, 6.07) is 13.9. The lowest BCUT2D eigenvalue weighted by molar-refractivity contribution is 1.09. The Morgan fingerprint density at radius 2 is 1.93 bits per heavy atom. The molecule has 27 heavy (non-hydrogen) atoms. The number of hydrogen-bond donors (Lipinski definition) is 3. The molecule has 0 aliphatic heterocycles. The molecule has 1 aromatic carbocycles. The summed E-state index contributed by atoms with van der Waals surface area (Å²) in [7, 11) is 0. The largest absolute Gasteiger partial charge is 0.381 e. The van der Waals surface area contributed by atoms with E-state index in [1.54, 1.807) is 18.6 Å². The molecule has 0 aliphatic rings. The van der Waals surface area contributed by atoms with E-state index >= 15 is 0 Å². The minimum Gasteiger partial charge on any atom is -0.381 e. The van der Waals surface area contributed by atoms with E-state index < -0.39 is 0 Å². The highest BCUT2D eigenvalue weighted by molar-refractivity contribution is 5.79. The molecule has 3 heterocycles. The molecular formula is C20H19N7. The van der Waals surface area contributed by atoms with Gasteiger partial charge < -0.3 is 16.4 Å². The van der Waals surface area contributed by atoms with Crippen LogP contribution in [0.2, 0.25) is 0 Å². The molecule has 4 rings (SSSR count). The molecule has 0 saturated carbocycles. The zero-order chi connectivity index (χ0) is 18.6. The smallest absolute Gasteiger partial charge is 0.171 e. The number of pyridine rings is 2. The zero-order valence-electron chi connectivity index (χ0n) is 14.8. The van der Waals surface area contributed by atoms with Crippen molar-refractivity contribution in [1.82, 2.24) is 19.9 Å². The predicted octanol–water partition coefficient (Wildman–Crippen LogP) is 3.67. The van der Waals surface area contributed by atoms with Crippen molar-refractivity contribution in [2.24, 2.45) is 0 Å². The fourth-order valence-electron chi connectivity index (χ4n) is 2.78. The number of anilines is 4. The number of nitrogens with two attached hydrogens (primary N) is 1. The first-order chi connectivity index (χ1) is 13.2. The average Bonchev–Trinajstić information content (AvgIpc) is 2.68. The van der Waals surface area contributed by atoms with Gasteiger partial charge in [-0.1, -0.05) is 12.1 Å². The topological polar surface area (TPSA) is 102 Å². The Labute approximate surface area is 156 Å². The van der Waals surface area contributed by atoms with Gasteiger partial charge in [-0.15, -0.1) is 0 Å². The maximum Gasteiger partial charge on any atom is 0.171 e. The summed E-state index contributed by atoms with van der Waals surface area (Å²) in [6.45, 7) is 2.52. The maximum atomic E-state index is 5.98. The van der Waals surface area contributed by atoms with E-state index in [-0.39, 0.29) is 0 Å². The van der Waals surface area contributed by atoms with Gasteiger partial charge in [0.1, 0.15) is 0 Å². The average molecular weight is 357 g/mol. The van der Waals surface area contributed by atoms with Crippen LogP contribution in [0.15, 0.2) is 61.1 Å². The van der Waals surface area contributed by atoms with Crippen molar-refractivity contribution in [3.63, 3.8) is 0 Å². The van der Waals surface area contributed by atoms with E-state index in [2.05, 4.69) is 36.6 Å². The van der Waals surface area contributed by atoms with Gasteiger partial charge in [-0.2, -0.15) is 0 Å². The molecule has 7 nitrogen and oxygen atoms in total. The van der Waals surface area contributed by atoms with Crippen molar-refractivity contribution in [2.45, 2.75) is 13.5 Å². The van der Waals surface area contributed by atoms with Crippen molar-refractivity contribution >= 4 is 34.0 Å². The number of fused-ring (bicyclic) bond motifs is 1. The highest BCUT2D eigenvalue weighted by Crippen LogP contribution is 2.20. The number of benzene rings is 1. The van der Waals surface area contributed by atoms with Crippen molar-refractivity contribution in [3.05, 3.63) is 72.3 Å². The van der Waals surface area contributed by atoms with Crippen molar-refractivity contribution in [3.8, 4) is 0 Å². The molecule has 0 spiro atoms. The Balaban J connectivity index is 1.50. The number of hydrogen-bond acceptors (Lipinski definition) is 7. The lowest BCUT2D eigenvalue weighted by atomic mass is 10.1. The van der Waals surface area contributed by atoms with Gasteiger partial charge in [0.25, 0.3) is 0 Å². The molecule has 0 fully saturated rings. The van der Waals surface area contributed by atoms with Crippen LogP contribution in [0.4, 0.5) is 23.1 Å². The second-order valence-corrected chi connectivity index (χ2v) is 6.18. The quantitative estimate of drug-likeness (QED) is 0.501. The molecule has 0 atom stereocenters. The lowest BCUT2D eigenvalue weighted by Crippen LogP contribution is -2.08. The minimum atomic E-state index is 0.355. The first-order valence-corrected chi connectivity index (χ1v) is 8.57. The Kier molecular flexibility index (Phi) is 4.49. The van der Waals surface area contributed by atoms with Gasteiger partial charge in [0, 0.05) is 35.7 Å². The number of rotatable bonds is 5. The molecule has 4 aromatic rings. The van der Waals surface area contributed by atoms with Crippen LogP contribution in [0, 0.1) is 6.92 Å². The number of aryl methyl sites for hydroxylation is 1. The third-order valence-corrected chi connectivity index (χ3v) is 4.10. The summed E-state index contributed by atoms with van der Waals surface area (Å²) in [6.07, 6.45) is 5.15. The molecule has 0 radical (unpaired) electrons. The van der Waals surface area contributed by atoms with Crippen LogP contribution < -0.4 is 16.4 Å². The maximum absolute atomic E-state index is 5.98. The molecule has 0 saturated heterocycles. The van der Waals surface area contributed by atoms with E-state index in [0.717, 1.165) is 27.8 Å². The fourth-order valence-corrected chi connectivity index (χ4v) is 2.78. The van der Waals surface area contributed by atoms with E-state index in [1.165, 1.54) is 0 Å². The molecule has 3 aromatic heterocycles. The summed E-state index contributed by atoms with van der Waals surface area (Å²) in [4.78, 5) is 17.3. The summed E-state index contributed by atoms with van der Waals surface area (Å²) < 4.78 is 0. The van der Waals surface area contributed by atoms with Gasteiger partial charge in [-0.25, -0.2) is 9.97 Å². The first-order valence-electron chi connectivity index (χ1n) is 8.57. The van der Waals surface area contributed by atoms with Crippen molar-refractivity contribution < 1.29 is 0 Å². The lowest BCUT2D eigenvalue weighted by Gasteiger charge is -2.11. The molecule has 0 amide bonds. The van der Waals surface area contributed by atoms with E-state index in [9.17, 15) is 0 Å². The zero-order valence-corrected chi connectivity index (χ0v) is 14.8. The molecule has 7 heteroatoms. The standard InChI is InChI=1S/C20H19N7/c1-13-9-16(6-8-22-13)26-18-12-24-19(21)20(27-18)25-11-14-4-5-17-15(10-14)3-2-7-23-17/h2-10,12H,11H2,1H3,(H2,21,24)(H2,22,25,26,27). The Morgan fingerprint density at radius 1 is 1.00 bits per heavy atom. The fraction of sp³-hybridized carbons (Fsp3) is 0.100. The number of nitrogens with zero attached hydrogens (tertiary/aromatic N) is 4. The number of nitrogens with one attached hydrogen (secondary N) is 2.